The molecule has 0 bridgehead atoms. The number of hydrogen-bond acceptors (Lipinski definition) is 5. The highest BCUT2D eigenvalue weighted by Gasteiger charge is 2.18. The number of aliphatic hydroxyl groups excluding tert-OH is 2. The quantitative estimate of drug-likeness (QED) is 0.0320. The summed E-state index contributed by atoms with van der Waals surface area (Å²) in [4.78, 5) is 24.5. The Balaban J connectivity index is 3.46. The van der Waals surface area contributed by atoms with E-state index < -0.39 is 12.1 Å². The first-order valence-electron chi connectivity index (χ1n) is 35.4. The molecule has 79 heavy (non-hydrogen) atoms. The minimum Gasteiger partial charge on any atom is -0.466 e. The lowest BCUT2D eigenvalue weighted by Crippen LogP contribution is -2.45. The lowest BCUT2D eigenvalue weighted by molar-refractivity contribution is -0.143. The molecule has 0 radical (unpaired) electrons. The second kappa shape index (κ2) is 68.3. The van der Waals surface area contributed by atoms with Crippen molar-refractivity contribution in [3.8, 4) is 0 Å². The number of carbonyl (C=O) groups excluding carboxylic acids is 2. The second-order valence-electron chi connectivity index (χ2n) is 24.2. The number of hydrogen-bond donors (Lipinski definition) is 3. The molecule has 0 aliphatic rings. The fourth-order valence-electron chi connectivity index (χ4n) is 10.9. The molecule has 0 saturated heterocycles. The van der Waals surface area contributed by atoms with Crippen molar-refractivity contribution in [2.75, 3.05) is 13.2 Å². The molecular weight excluding hydrogens is 971 g/mol. The predicted molar refractivity (Wildman–Crippen MR) is 347 cm³/mol. The van der Waals surface area contributed by atoms with Gasteiger partial charge in [-0.25, -0.2) is 0 Å². The lowest BCUT2D eigenvalue weighted by atomic mass is 10.0. The SMILES string of the molecule is CCCC/C=C\CCCCCCCC(=O)OCCCCCCCCCCC/C=C\C/C=C\CCCCCCCCCCCCCC(=O)NC(CO)C(O)/C=C/CCCCCCCCCCCCCCCCCCCCCCCC. The Bertz CT molecular complexity index is 1320. The van der Waals surface area contributed by atoms with E-state index in [9.17, 15) is 19.8 Å². The van der Waals surface area contributed by atoms with Gasteiger partial charge in [0.15, 0.2) is 0 Å². The zero-order chi connectivity index (χ0) is 57.1. The van der Waals surface area contributed by atoms with Crippen LogP contribution in [0, 0.1) is 0 Å². The van der Waals surface area contributed by atoms with Crippen LogP contribution in [0.15, 0.2) is 48.6 Å². The fraction of sp³-hybridized carbons (Fsp3) is 0.863. The van der Waals surface area contributed by atoms with Crippen LogP contribution in [0.25, 0.3) is 0 Å². The van der Waals surface area contributed by atoms with E-state index in [-0.39, 0.29) is 18.5 Å². The van der Waals surface area contributed by atoms with Crippen molar-refractivity contribution in [3.63, 3.8) is 0 Å². The van der Waals surface area contributed by atoms with E-state index in [0.29, 0.717) is 19.4 Å². The summed E-state index contributed by atoms with van der Waals surface area (Å²) in [6, 6.07) is -0.632. The first kappa shape index (κ1) is 76.8. The number of esters is 1. The van der Waals surface area contributed by atoms with Crippen molar-refractivity contribution >= 4 is 11.9 Å². The summed E-state index contributed by atoms with van der Waals surface area (Å²) < 4.78 is 5.46. The van der Waals surface area contributed by atoms with Crippen molar-refractivity contribution in [2.24, 2.45) is 0 Å². The van der Waals surface area contributed by atoms with Gasteiger partial charge in [-0.1, -0.05) is 332 Å². The van der Waals surface area contributed by atoms with E-state index in [2.05, 4.69) is 55.6 Å². The Morgan fingerprint density at radius 3 is 1.01 bits per heavy atom. The Morgan fingerprint density at radius 2 is 0.646 bits per heavy atom. The summed E-state index contributed by atoms with van der Waals surface area (Å²) in [5.41, 5.74) is 0. The second-order valence-corrected chi connectivity index (χ2v) is 24.2. The van der Waals surface area contributed by atoms with Crippen LogP contribution in [0.5, 0.6) is 0 Å². The topological polar surface area (TPSA) is 95.9 Å². The van der Waals surface area contributed by atoms with Crippen LogP contribution in [0.4, 0.5) is 0 Å². The number of rotatable bonds is 66. The molecule has 2 atom stereocenters. The molecule has 0 saturated carbocycles. The average molecular weight is 1110 g/mol. The smallest absolute Gasteiger partial charge is 0.305 e. The van der Waals surface area contributed by atoms with Gasteiger partial charge >= 0.3 is 5.97 Å². The van der Waals surface area contributed by atoms with Crippen LogP contribution in [0.2, 0.25) is 0 Å². The Labute approximate surface area is 493 Å². The Kier molecular flexibility index (Phi) is 66.4. The minimum atomic E-state index is -0.849. The molecule has 1 amide bonds. The molecule has 0 heterocycles. The van der Waals surface area contributed by atoms with Crippen LogP contribution < -0.4 is 5.32 Å². The van der Waals surface area contributed by atoms with Gasteiger partial charge in [-0.3, -0.25) is 9.59 Å². The number of aliphatic hydroxyl groups is 2. The molecule has 0 aliphatic carbocycles. The van der Waals surface area contributed by atoms with Gasteiger partial charge in [0.25, 0.3) is 0 Å². The van der Waals surface area contributed by atoms with E-state index in [1.165, 1.54) is 302 Å². The number of nitrogens with one attached hydrogen (secondary N) is 1. The van der Waals surface area contributed by atoms with Gasteiger partial charge in [-0.15, -0.1) is 0 Å². The van der Waals surface area contributed by atoms with Gasteiger partial charge in [0.2, 0.25) is 5.91 Å². The molecule has 0 aromatic carbocycles. The molecule has 3 N–H and O–H groups in total. The maximum atomic E-state index is 12.5. The summed E-state index contributed by atoms with van der Waals surface area (Å²) in [6.45, 7) is 4.89. The van der Waals surface area contributed by atoms with Crippen LogP contribution >= 0.6 is 0 Å². The molecule has 0 aromatic heterocycles. The van der Waals surface area contributed by atoms with Crippen molar-refractivity contribution in [2.45, 2.75) is 392 Å². The largest absolute Gasteiger partial charge is 0.466 e. The molecular formula is C73H137NO5. The number of amides is 1. The third-order valence-electron chi connectivity index (χ3n) is 16.3. The highest BCUT2D eigenvalue weighted by atomic mass is 16.5. The molecule has 6 heteroatoms. The Hall–Kier alpha value is -2.18. The molecule has 6 nitrogen and oxygen atoms in total. The summed E-state index contributed by atoms with van der Waals surface area (Å²) in [5.74, 6) is -0.0685. The molecule has 0 spiro atoms. The highest BCUT2D eigenvalue weighted by molar-refractivity contribution is 5.76. The van der Waals surface area contributed by atoms with Gasteiger partial charge in [0, 0.05) is 12.8 Å². The number of carbonyl (C=O) groups is 2. The zero-order valence-electron chi connectivity index (χ0n) is 53.1. The monoisotopic (exact) mass is 1110 g/mol. The van der Waals surface area contributed by atoms with Gasteiger partial charge < -0.3 is 20.3 Å². The molecule has 0 aromatic rings. The van der Waals surface area contributed by atoms with Crippen LogP contribution in [-0.2, 0) is 14.3 Å². The van der Waals surface area contributed by atoms with E-state index in [1.54, 1.807) is 6.08 Å². The summed E-state index contributed by atoms with van der Waals surface area (Å²) in [7, 11) is 0. The maximum Gasteiger partial charge on any atom is 0.305 e. The van der Waals surface area contributed by atoms with Gasteiger partial charge in [0.1, 0.15) is 0 Å². The van der Waals surface area contributed by atoms with Gasteiger partial charge in [-0.2, -0.15) is 0 Å². The van der Waals surface area contributed by atoms with E-state index >= 15 is 0 Å². The third kappa shape index (κ3) is 64.8. The van der Waals surface area contributed by atoms with Gasteiger partial charge in [-0.05, 0) is 83.5 Å². The van der Waals surface area contributed by atoms with Crippen LogP contribution in [0.1, 0.15) is 380 Å². The summed E-state index contributed by atoms with van der Waals surface area (Å²) in [6.07, 6.45) is 89.1. The highest BCUT2D eigenvalue weighted by Crippen LogP contribution is 2.18. The van der Waals surface area contributed by atoms with Crippen LogP contribution in [-0.4, -0.2) is 47.4 Å². The first-order chi connectivity index (χ1) is 39.0. The number of allylic oxidation sites excluding steroid dienone is 7. The molecule has 0 rings (SSSR count). The van der Waals surface area contributed by atoms with Crippen LogP contribution in [0.3, 0.4) is 0 Å². The molecule has 2 unspecified atom stereocenters. The fourth-order valence-corrected chi connectivity index (χ4v) is 10.9. The summed E-state index contributed by atoms with van der Waals surface area (Å²) in [5, 5.41) is 23.3. The molecule has 464 valence electrons. The van der Waals surface area contributed by atoms with Crippen molar-refractivity contribution in [1.29, 1.82) is 0 Å². The maximum absolute atomic E-state index is 12.5. The average Bonchev–Trinajstić information content (AvgIpc) is 3.45. The number of ether oxygens (including phenoxy) is 1. The summed E-state index contributed by atoms with van der Waals surface area (Å²) >= 11 is 0. The van der Waals surface area contributed by atoms with E-state index in [1.807, 2.05) is 6.08 Å². The van der Waals surface area contributed by atoms with E-state index in [0.717, 1.165) is 51.4 Å². The first-order valence-corrected chi connectivity index (χ1v) is 35.4. The van der Waals surface area contributed by atoms with Crippen molar-refractivity contribution in [3.05, 3.63) is 48.6 Å². The zero-order valence-corrected chi connectivity index (χ0v) is 53.1. The van der Waals surface area contributed by atoms with Crippen molar-refractivity contribution in [1.82, 2.24) is 5.32 Å². The Morgan fingerprint density at radius 1 is 0.354 bits per heavy atom. The van der Waals surface area contributed by atoms with Crippen molar-refractivity contribution < 1.29 is 24.5 Å². The third-order valence-corrected chi connectivity index (χ3v) is 16.3. The minimum absolute atomic E-state index is 0.000794. The predicted octanol–water partition coefficient (Wildman–Crippen LogP) is 22.9. The van der Waals surface area contributed by atoms with E-state index in [4.69, 9.17) is 4.74 Å². The normalized spacial score (nSPS) is 12.8. The molecule has 0 aliphatic heterocycles. The van der Waals surface area contributed by atoms with Gasteiger partial charge in [0.05, 0.1) is 25.4 Å². The lowest BCUT2D eigenvalue weighted by Gasteiger charge is -2.20. The number of unbranched alkanes of at least 4 members (excludes halogenated alkanes) is 49. The standard InChI is InChI=1S/C73H137NO5/c1-3-5-7-9-11-13-15-16-17-18-19-20-21-27-30-33-36-39-42-46-49-53-57-61-65-71(76)70(69-75)74-72(77)66-62-58-54-50-47-43-40-37-34-31-28-25-23-22-24-26-29-32-35-38-41-44-48-52-56-60-64-68-79-73(78)67-63-59-55-51-45-14-12-10-8-6-4-2/h10,12,22-23,26,29,61,65,70-71,75-76H,3-9,11,13-21,24-25,27-28,30-60,62-64,66-69H2,1-2H3,(H,74,77)/b12-10-,23-22-,29-26-,65-61+. The molecule has 0 fully saturated rings.